The van der Waals surface area contributed by atoms with Crippen molar-refractivity contribution in [1.82, 2.24) is 4.90 Å². The number of amidine groups is 1. The molecule has 3 rings (SSSR count). The lowest BCUT2D eigenvalue weighted by atomic mass is 10.2. The van der Waals surface area contributed by atoms with Gasteiger partial charge >= 0.3 is 5.97 Å². The summed E-state index contributed by atoms with van der Waals surface area (Å²) in [5, 5.41) is 0.564. The molecule has 6 nitrogen and oxygen atoms in total. The monoisotopic (exact) mass is 648 g/mol. The minimum Gasteiger partial charge on any atom is -0.495 e. The van der Waals surface area contributed by atoms with E-state index >= 15 is 0 Å². The van der Waals surface area contributed by atoms with Crippen LogP contribution in [0.3, 0.4) is 0 Å². The van der Waals surface area contributed by atoms with Crippen LogP contribution in [0.2, 0.25) is 0 Å². The number of benzene rings is 2. The maximum absolute atomic E-state index is 12.7. The summed E-state index contributed by atoms with van der Waals surface area (Å²) in [6.45, 7) is 2.09. The van der Waals surface area contributed by atoms with E-state index in [2.05, 4.69) is 50.2 Å². The van der Waals surface area contributed by atoms with Gasteiger partial charge in [0.1, 0.15) is 5.75 Å². The molecule has 2 aromatic carbocycles. The Morgan fingerprint density at radius 2 is 1.93 bits per heavy atom. The summed E-state index contributed by atoms with van der Waals surface area (Å²) in [7, 11) is 3.31. The van der Waals surface area contributed by atoms with Crippen LogP contribution < -0.4 is 4.74 Å². The number of hydrogen-bond acceptors (Lipinski definition) is 6. The lowest BCUT2D eigenvalue weighted by Gasteiger charge is -2.09. The van der Waals surface area contributed by atoms with Crippen molar-refractivity contribution in [2.45, 2.75) is 6.92 Å². The van der Waals surface area contributed by atoms with Crippen LogP contribution in [0.1, 0.15) is 22.8 Å². The van der Waals surface area contributed by atoms with Crippen LogP contribution in [-0.4, -0.2) is 42.7 Å². The van der Waals surface area contributed by atoms with Crippen LogP contribution in [0, 0.1) is 7.14 Å². The topological polar surface area (TPSA) is 68.2 Å². The zero-order valence-corrected chi connectivity index (χ0v) is 21.6. The second kappa shape index (κ2) is 10.1. The van der Waals surface area contributed by atoms with Crippen molar-refractivity contribution in [2.75, 3.05) is 20.8 Å². The number of carbonyl (C=O) groups is 2. The molecule has 9 heteroatoms. The smallest absolute Gasteiger partial charge is 0.338 e. The highest BCUT2D eigenvalue weighted by Gasteiger charge is 2.30. The van der Waals surface area contributed by atoms with Crippen LogP contribution in [0.4, 0.5) is 5.69 Å². The molecular weight excluding hydrogens is 630 g/mol. The standard InChI is InChI=1S/C21H18I2N2O4S/c1-4-29-20(27)12-5-7-15(8-6-12)24-21-25(2)19(26)17(30-21)10-13-9-14(22)11-16(23)18(13)28-3/h5-11H,4H2,1-3H3/b17-10-,24-21?. The lowest BCUT2D eigenvalue weighted by Crippen LogP contribution is -2.23. The second-order valence-corrected chi connectivity index (χ2v) is 9.56. The van der Waals surface area contributed by atoms with Crippen molar-refractivity contribution >= 4 is 85.8 Å². The number of methoxy groups -OCH3 is 1. The molecule has 0 radical (unpaired) electrons. The van der Waals surface area contributed by atoms with Crippen molar-refractivity contribution in [3.63, 3.8) is 0 Å². The Morgan fingerprint density at radius 1 is 1.23 bits per heavy atom. The Hall–Kier alpha value is -1.60. The first-order chi connectivity index (χ1) is 14.3. The highest BCUT2D eigenvalue weighted by molar-refractivity contribution is 14.1. The van der Waals surface area contributed by atoms with E-state index in [0.29, 0.717) is 27.9 Å². The SMILES string of the molecule is CCOC(=O)c1ccc(N=C2S/C(=C\c3cc(I)cc(I)c3OC)C(=O)N2C)cc1. The summed E-state index contributed by atoms with van der Waals surface area (Å²) in [6, 6.07) is 10.8. The highest BCUT2D eigenvalue weighted by Crippen LogP contribution is 2.36. The van der Waals surface area contributed by atoms with E-state index in [1.54, 1.807) is 45.3 Å². The van der Waals surface area contributed by atoms with E-state index in [0.717, 1.165) is 18.5 Å². The molecule has 1 aliphatic rings. The minimum absolute atomic E-state index is 0.127. The molecule has 0 spiro atoms. The molecule has 1 saturated heterocycles. The fourth-order valence-corrected chi connectivity index (χ4v) is 5.78. The number of nitrogens with zero attached hydrogens (tertiary/aromatic N) is 2. The molecule has 156 valence electrons. The number of hydrogen-bond donors (Lipinski definition) is 0. The van der Waals surface area contributed by atoms with E-state index in [-0.39, 0.29) is 11.9 Å². The minimum atomic E-state index is -0.370. The number of ether oxygens (including phenoxy) is 2. The molecule has 0 unspecified atom stereocenters. The molecule has 1 fully saturated rings. The molecule has 30 heavy (non-hydrogen) atoms. The van der Waals surface area contributed by atoms with Crippen molar-refractivity contribution in [3.8, 4) is 5.75 Å². The average molecular weight is 648 g/mol. The summed E-state index contributed by atoms with van der Waals surface area (Å²) < 4.78 is 12.5. The molecule has 0 atom stereocenters. The van der Waals surface area contributed by atoms with Crippen molar-refractivity contribution in [3.05, 3.63) is 59.6 Å². The van der Waals surface area contributed by atoms with Crippen LogP contribution in [0.15, 0.2) is 46.3 Å². The predicted molar refractivity (Wildman–Crippen MR) is 136 cm³/mol. The Kier molecular flexibility index (Phi) is 7.80. The first kappa shape index (κ1) is 23.1. The molecule has 1 aliphatic heterocycles. The fraction of sp³-hybridized carbons (Fsp3) is 0.190. The van der Waals surface area contributed by atoms with Gasteiger partial charge in [0.15, 0.2) is 5.17 Å². The molecule has 1 heterocycles. The third-order valence-electron chi connectivity index (χ3n) is 4.13. The van der Waals surface area contributed by atoms with Gasteiger partial charge in [-0.2, -0.15) is 0 Å². The van der Waals surface area contributed by atoms with Gasteiger partial charge < -0.3 is 9.47 Å². The number of amides is 1. The van der Waals surface area contributed by atoms with Gasteiger partial charge in [0.25, 0.3) is 5.91 Å². The van der Waals surface area contributed by atoms with Crippen LogP contribution in [0.5, 0.6) is 5.75 Å². The summed E-state index contributed by atoms with van der Waals surface area (Å²) in [4.78, 5) is 31.2. The summed E-state index contributed by atoms with van der Waals surface area (Å²) in [5.74, 6) is 0.239. The summed E-state index contributed by atoms with van der Waals surface area (Å²) in [6.07, 6.45) is 1.83. The van der Waals surface area contributed by atoms with Crippen molar-refractivity contribution in [1.29, 1.82) is 0 Å². The maximum atomic E-state index is 12.7. The van der Waals surface area contributed by atoms with Crippen molar-refractivity contribution in [2.24, 2.45) is 4.99 Å². The number of rotatable bonds is 5. The number of esters is 1. The van der Waals surface area contributed by atoms with Gasteiger partial charge in [0.2, 0.25) is 0 Å². The van der Waals surface area contributed by atoms with Gasteiger partial charge in [0.05, 0.1) is 33.4 Å². The zero-order valence-electron chi connectivity index (χ0n) is 16.4. The van der Waals surface area contributed by atoms with Gasteiger partial charge in [-0.05, 0) is 106 Å². The van der Waals surface area contributed by atoms with E-state index < -0.39 is 0 Å². The fourth-order valence-electron chi connectivity index (χ4n) is 2.69. The largest absolute Gasteiger partial charge is 0.495 e. The van der Waals surface area contributed by atoms with Gasteiger partial charge in [0, 0.05) is 16.2 Å². The number of aliphatic imine (C=N–C) groups is 1. The first-order valence-corrected chi connectivity index (χ1v) is 11.9. The number of halogens is 2. The Bertz CT molecular complexity index is 1050. The third kappa shape index (κ3) is 5.17. The van der Waals surface area contributed by atoms with Crippen molar-refractivity contribution < 1.29 is 19.1 Å². The van der Waals surface area contributed by atoms with Gasteiger partial charge in [-0.1, -0.05) is 0 Å². The molecule has 1 amide bonds. The second-order valence-electron chi connectivity index (χ2n) is 6.15. The zero-order chi connectivity index (χ0) is 21.8. The quantitative estimate of drug-likeness (QED) is 0.250. The highest BCUT2D eigenvalue weighted by atomic mass is 127. The van der Waals surface area contributed by atoms with E-state index in [1.807, 2.05) is 18.2 Å². The van der Waals surface area contributed by atoms with E-state index in [9.17, 15) is 9.59 Å². The average Bonchev–Trinajstić information content (AvgIpc) is 2.96. The Labute approximate surface area is 206 Å². The van der Waals surface area contributed by atoms with E-state index in [1.165, 1.54) is 16.7 Å². The van der Waals surface area contributed by atoms with Crippen LogP contribution in [0.25, 0.3) is 6.08 Å². The van der Waals surface area contributed by atoms with Gasteiger partial charge in [-0.3, -0.25) is 9.69 Å². The number of carbonyl (C=O) groups excluding carboxylic acids is 2. The first-order valence-electron chi connectivity index (χ1n) is 8.90. The molecular formula is C21H18I2N2O4S. The van der Waals surface area contributed by atoms with Crippen LogP contribution >= 0.6 is 56.9 Å². The summed E-state index contributed by atoms with van der Waals surface area (Å²) >= 11 is 5.77. The molecule has 0 saturated carbocycles. The molecule has 0 N–H and O–H groups in total. The maximum Gasteiger partial charge on any atom is 0.338 e. The van der Waals surface area contributed by atoms with E-state index in [4.69, 9.17) is 9.47 Å². The number of thioether (sulfide) groups is 1. The van der Waals surface area contributed by atoms with Gasteiger partial charge in [-0.15, -0.1) is 0 Å². The molecule has 0 bridgehead atoms. The molecule has 0 aliphatic carbocycles. The molecule has 2 aromatic rings. The third-order valence-corrected chi connectivity index (χ3v) is 6.62. The Morgan fingerprint density at radius 3 is 2.57 bits per heavy atom. The normalized spacial score (nSPS) is 16.4. The van der Waals surface area contributed by atoms with Crippen LogP contribution in [-0.2, 0) is 9.53 Å². The predicted octanol–water partition coefficient (Wildman–Crippen LogP) is 5.31. The van der Waals surface area contributed by atoms with Gasteiger partial charge in [-0.25, -0.2) is 9.79 Å². The molecule has 0 aromatic heterocycles. The lowest BCUT2D eigenvalue weighted by molar-refractivity contribution is -0.121. The summed E-state index contributed by atoms with van der Waals surface area (Å²) in [5.41, 5.74) is 1.95. The Balaban J connectivity index is 1.88. The number of likely N-dealkylation sites (N-methyl/N-ethyl adjacent to an activating group) is 1.